The molecule has 0 unspecified atom stereocenters. The van der Waals surface area contributed by atoms with Crippen molar-refractivity contribution in [3.05, 3.63) is 18.2 Å². The van der Waals surface area contributed by atoms with Crippen molar-refractivity contribution in [2.75, 3.05) is 19.8 Å². The maximum Gasteiger partial charge on any atom is 0.325 e. The predicted molar refractivity (Wildman–Crippen MR) is 110 cm³/mol. The largest absolute Gasteiger partial charge is 0.486 e. The summed E-state index contributed by atoms with van der Waals surface area (Å²) in [6.07, 6.45) is 3.91. The molecule has 1 amide bonds. The van der Waals surface area contributed by atoms with Gasteiger partial charge < -0.3 is 19.5 Å². The molecule has 1 saturated heterocycles. The van der Waals surface area contributed by atoms with Gasteiger partial charge in [0.05, 0.1) is 4.90 Å². The van der Waals surface area contributed by atoms with E-state index in [1.807, 2.05) is 0 Å². The van der Waals surface area contributed by atoms with Gasteiger partial charge in [0.25, 0.3) is 5.91 Å². The molecule has 1 aromatic carbocycles. The molecule has 2 fully saturated rings. The van der Waals surface area contributed by atoms with Crippen LogP contribution in [-0.2, 0) is 24.3 Å². The van der Waals surface area contributed by atoms with E-state index in [-0.39, 0.29) is 23.4 Å². The van der Waals surface area contributed by atoms with Gasteiger partial charge in [-0.3, -0.25) is 9.59 Å². The molecule has 1 aromatic rings. The van der Waals surface area contributed by atoms with Crippen molar-refractivity contribution in [3.8, 4) is 11.5 Å². The summed E-state index contributed by atoms with van der Waals surface area (Å²) in [6.45, 7) is 2.47. The molecule has 3 aliphatic rings. The van der Waals surface area contributed by atoms with E-state index in [9.17, 15) is 18.0 Å². The molecule has 0 radical (unpaired) electrons. The molecule has 10 heteroatoms. The molecule has 170 valence electrons. The number of nitrogens with one attached hydrogen (secondary N) is 1. The van der Waals surface area contributed by atoms with Crippen LogP contribution in [-0.4, -0.2) is 62.5 Å². The second-order valence-corrected chi connectivity index (χ2v) is 10.0. The maximum atomic E-state index is 13.2. The zero-order chi connectivity index (χ0) is 22.0. The molecular weight excluding hydrogens is 424 g/mol. The number of hydrogen-bond acceptors (Lipinski definition) is 7. The first-order chi connectivity index (χ1) is 14.9. The number of hydrogen-bond donors (Lipinski definition) is 1. The van der Waals surface area contributed by atoms with Crippen molar-refractivity contribution in [3.63, 3.8) is 0 Å². The van der Waals surface area contributed by atoms with Crippen molar-refractivity contribution in [1.29, 1.82) is 0 Å². The number of benzene rings is 1. The molecule has 9 nitrogen and oxygen atoms in total. The Hall–Kier alpha value is -2.33. The van der Waals surface area contributed by atoms with Gasteiger partial charge in [-0.15, -0.1) is 0 Å². The highest BCUT2D eigenvalue weighted by Crippen LogP contribution is 2.35. The number of nitrogens with zero attached hydrogens (tertiary/aromatic N) is 1. The minimum absolute atomic E-state index is 0.0310. The monoisotopic (exact) mass is 452 g/mol. The molecule has 2 heterocycles. The Labute approximate surface area is 182 Å². The van der Waals surface area contributed by atoms with Crippen LogP contribution in [0.25, 0.3) is 0 Å². The highest BCUT2D eigenvalue weighted by molar-refractivity contribution is 7.89. The lowest BCUT2D eigenvalue weighted by molar-refractivity contribution is -0.158. The fourth-order valence-electron chi connectivity index (χ4n) is 4.28. The van der Waals surface area contributed by atoms with Crippen LogP contribution in [0.1, 0.15) is 45.4 Å². The van der Waals surface area contributed by atoms with Crippen molar-refractivity contribution in [1.82, 2.24) is 9.62 Å². The molecule has 2 atom stereocenters. The number of ether oxygens (including phenoxy) is 3. The Bertz CT molecular complexity index is 943. The fraction of sp³-hybridized carbons (Fsp3) is 0.619. The molecule has 1 N–H and O–H groups in total. The zero-order valence-electron chi connectivity index (χ0n) is 17.5. The summed E-state index contributed by atoms with van der Waals surface area (Å²) in [5.41, 5.74) is 0. The van der Waals surface area contributed by atoms with Gasteiger partial charge in [-0.25, -0.2) is 8.42 Å². The summed E-state index contributed by atoms with van der Waals surface area (Å²) in [5.74, 6) is -0.195. The highest BCUT2D eigenvalue weighted by Gasteiger charge is 2.41. The Morgan fingerprint density at radius 1 is 1.10 bits per heavy atom. The van der Waals surface area contributed by atoms with E-state index >= 15 is 0 Å². The van der Waals surface area contributed by atoms with Crippen LogP contribution >= 0.6 is 0 Å². The maximum absolute atomic E-state index is 13.2. The third-order valence-corrected chi connectivity index (χ3v) is 7.86. The third-order valence-electron chi connectivity index (χ3n) is 5.96. The van der Waals surface area contributed by atoms with Gasteiger partial charge in [0, 0.05) is 18.7 Å². The number of fused-ring (bicyclic) bond motifs is 1. The Balaban J connectivity index is 1.44. The van der Waals surface area contributed by atoms with Gasteiger partial charge >= 0.3 is 5.97 Å². The first kappa shape index (κ1) is 21.9. The van der Waals surface area contributed by atoms with E-state index in [0.29, 0.717) is 37.6 Å². The fourth-order valence-corrected chi connectivity index (χ4v) is 5.94. The smallest absolute Gasteiger partial charge is 0.325 e. The Morgan fingerprint density at radius 3 is 2.55 bits per heavy atom. The number of sulfonamides is 1. The van der Waals surface area contributed by atoms with Gasteiger partial charge in [-0.1, -0.05) is 12.8 Å². The lowest BCUT2D eigenvalue weighted by Crippen LogP contribution is -2.45. The molecule has 1 aliphatic carbocycles. The Morgan fingerprint density at radius 2 is 1.81 bits per heavy atom. The van der Waals surface area contributed by atoms with E-state index < -0.39 is 28.1 Å². The predicted octanol–water partition coefficient (Wildman–Crippen LogP) is 1.60. The zero-order valence-corrected chi connectivity index (χ0v) is 18.4. The van der Waals surface area contributed by atoms with Crippen LogP contribution in [0, 0.1) is 0 Å². The van der Waals surface area contributed by atoms with Crippen LogP contribution in [0.15, 0.2) is 23.1 Å². The normalized spacial score (nSPS) is 22.8. The van der Waals surface area contributed by atoms with Crippen LogP contribution in [0.5, 0.6) is 11.5 Å². The standard InChI is InChI=1S/C21H28N2O7S/c1-14(20(24)22-15-5-2-3-6-15)30-21(25)17-7-4-10-23(17)31(26,27)16-8-9-18-19(13-16)29-12-11-28-18/h8-9,13-15,17H,2-7,10-12H2,1H3,(H,22,24)/t14-,17+/m0/s1. The van der Waals surface area contributed by atoms with Gasteiger partial charge in [-0.2, -0.15) is 4.31 Å². The minimum atomic E-state index is -3.94. The third kappa shape index (κ3) is 4.64. The molecule has 31 heavy (non-hydrogen) atoms. The number of rotatable bonds is 6. The molecule has 2 aliphatic heterocycles. The number of esters is 1. The second-order valence-electron chi connectivity index (χ2n) is 8.15. The van der Waals surface area contributed by atoms with Crippen molar-refractivity contribution < 1.29 is 32.2 Å². The topological polar surface area (TPSA) is 111 Å². The number of amides is 1. The SMILES string of the molecule is C[C@H](OC(=O)[C@H]1CCCN1S(=O)(=O)c1ccc2c(c1)OCCO2)C(=O)NC1CCCC1. The number of carbonyl (C=O) groups is 2. The molecule has 0 aromatic heterocycles. The molecule has 1 saturated carbocycles. The molecule has 0 bridgehead atoms. The summed E-state index contributed by atoms with van der Waals surface area (Å²) in [6, 6.07) is 3.58. The average molecular weight is 453 g/mol. The quantitative estimate of drug-likeness (QED) is 0.653. The second kappa shape index (κ2) is 9.04. The van der Waals surface area contributed by atoms with Crippen LogP contribution < -0.4 is 14.8 Å². The van der Waals surface area contributed by atoms with E-state index in [4.69, 9.17) is 14.2 Å². The van der Waals surface area contributed by atoms with Crippen LogP contribution in [0.2, 0.25) is 0 Å². The Kier molecular flexibility index (Phi) is 6.38. The summed E-state index contributed by atoms with van der Waals surface area (Å²) in [5, 5.41) is 2.90. The lowest BCUT2D eigenvalue weighted by Gasteiger charge is -2.25. The summed E-state index contributed by atoms with van der Waals surface area (Å²) in [4.78, 5) is 25.1. The van der Waals surface area contributed by atoms with E-state index in [1.165, 1.54) is 19.1 Å². The first-order valence-electron chi connectivity index (χ1n) is 10.8. The van der Waals surface area contributed by atoms with E-state index in [1.54, 1.807) is 6.07 Å². The van der Waals surface area contributed by atoms with Crippen molar-refractivity contribution >= 4 is 21.9 Å². The van der Waals surface area contributed by atoms with E-state index in [0.717, 1.165) is 30.0 Å². The van der Waals surface area contributed by atoms with Crippen molar-refractivity contribution in [2.24, 2.45) is 0 Å². The van der Waals surface area contributed by atoms with Crippen LogP contribution in [0.4, 0.5) is 0 Å². The molecule has 0 spiro atoms. The van der Waals surface area contributed by atoms with Gasteiger partial charge in [0.1, 0.15) is 19.3 Å². The van der Waals surface area contributed by atoms with Gasteiger partial charge in [-0.05, 0) is 44.7 Å². The summed E-state index contributed by atoms with van der Waals surface area (Å²) in [7, 11) is -3.94. The first-order valence-corrected chi connectivity index (χ1v) is 12.2. The number of carbonyl (C=O) groups excluding carboxylic acids is 2. The lowest BCUT2D eigenvalue weighted by atomic mass is 10.2. The minimum Gasteiger partial charge on any atom is -0.486 e. The van der Waals surface area contributed by atoms with Gasteiger partial charge in [0.15, 0.2) is 17.6 Å². The van der Waals surface area contributed by atoms with Gasteiger partial charge in [0.2, 0.25) is 10.0 Å². The summed E-state index contributed by atoms with van der Waals surface area (Å²) < 4.78 is 43.9. The summed E-state index contributed by atoms with van der Waals surface area (Å²) >= 11 is 0. The molecule has 4 rings (SSSR count). The average Bonchev–Trinajstić information content (AvgIpc) is 3.45. The molecular formula is C21H28N2O7S. The van der Waals surface area contributed by atoms with Crippen LogP contribution in [0.3, 0.4) is 0 Å². The van der Waals surface area contributed by atoms with Crippen molar-refractivity contribution in [2.45, 2.75) is 68.5 Å². The highest BCUT2D eigenvalue weighted by atomic mass is 32.2. The van der Waals surface area contributed by atoms with E-state index in [2.05, 4.69) is 5.32 Å².